The minimum Gasteiger partial charge on any atom is -0.384 e. The Balaban J connectivity index is 1.61. The van der Waals surface area contributed by atoms with Gasteiger partial charge in [-0.25, -0.2) is 0 Å². The standard InChI is InChI=1S/C24H24N6OS/c1-24(21-12-18(15-32-21)17-6-3-5-16(11-17)13-25)20(22(31)30(2)23(26)29-24)8-10-28-19-7-4-9-27-14-19/h3-7,9,11-12,14-15,20,28H,8,10H2,1-2H3,(H2,26,29). The number of benzene rings is 1. The number of nitrogens with one attached hydrogen (secondary N) is 3. The molecule has 0 saturated carbocycles. The van der Waals surface area contributed by atoms with Crippen molar-refractivity contribution in [2.75, 3.05) is 18.9 Å². The van der Waals surface area contributed by atoms with Gasteiger partial charge in [-0.3, -0.25) is 20.1 Å². The van der Waals surface area contributed by atoms with Crippen LogP contribution in [-0.2, 0) is 10.3 Å². The zero-order valence-corrected chi connectivity index (χ0v) is 18.7. The highest BCUT2D eigenvalue weighted by Crippen LogP contribution is 2.41. The minimum atomic E-state index is -0.715. The van der Waals surface area contributed by atoms with Crippen molar-refractivity contribution in [3.05, 3.63) is 70.7 Å². The topological polar surface area (TPSA) is 105 Å². The summed E-state index contributed by atoms with van der Waals surface area (Å²) in [5.74, 6) is -0.344. The molecule has 1 aromatic carbocycles. The van der Waals surface area contributed by atoms with Crippen LogP contribution in [0, 0.1) is 22.7 Å². The molecule has 0 spiro atoms. The molecular formula is C24H24N6OS. The quantitative estimate of drug-likeness (QED) is 0.533. The van der Waals surface area contributed by atoms with Crippen LogP contribution in [0.15, 0.2) is 60.2 Å². The number of carbonyl (C=O) groups excluding carboxylic acids is 1. The first-order chi connectivity index (χ1) is 15.4. The zero-order chi connectivity index (χ0) is 22.7. The second kappa shape index (κ2) is 8.81. The van der Waals surface area contributed by atoms with Crippen LogP contribution < -0.4 is 10.6 Å². The van der Waals surface area contributed by atoms with Gasteiger partial charge in [0.05, 0.1) is 28.8 Å². The minimum absolute atomic E-state index is 0.0781. The summed E-state index contributed by atoms with van der Waals surface area (Å²) in [6, 6.07) is 15.5. The number of anilines is 1. The lowest BCUT2D eigenvalue weighted by Crippen LogP contribution is -2.63. The van der Waals surface area contributed by atoms with Crippen molar-refractivity contribution < 1.29 is 4.79 Å². The van der Waals surface area contributed by atoms with Crippen molar-refractivity contribution in [1.29, 1.82) is 10.7 Å². The number of rotatable bonds is 6. The number of amides is 1. The van der Waals surface area contributed by atoms with Gasteiger partial charge in [-0.15, -0.1) is 11.3 Å². The van der Waals surface area contributed by atoms with Crippen molar-refractivity contribution in [2.24, 2.45) is 5.92 Å². The lowest BCUT2D eigenvalue weighted by molar-refractivity contribution is -0.135. The van der Waals surface area contributed by atoms with E-state index in [9.17, 15) is 10.1 Å². The Morgan fingerprint density at radius 2 is 2.16 bits per heavy atom. The van der Waals surface area contributed by atoms with Gasteiger partial charge in [-0.1, -0.05) is 12.1 Å². The molecule has 32 heavy (non-hydrogen) atoms. The molecule has 0 radical (unpaired) electrons. The summed E-state index contributed by atoms with van der Waals surface area (Å²) >= 11 is 1.56. The highest BCUT2D eigenvalue weighted by molar-refractivity contribution is 7.10. The monoisotopic (exact) mass is 444 g/mol. The average molecular weight is 445 g/mol. The molecule has 2 unspecified atom stereocenters. The number of aromatic nitrogens is 1. The lowest BCUT2D eigenvalue weighted by atomic mass is 9.79. The molecule has 1 saturated heterocycles. The third-order valence-electron chi connectivity index (χ3n) is 5.90. The molecule has 1 fully saturated rings. The number of hydrogen-bond acceptors (Lipinski definition) is 6. The van der Waals surface area contributed by atoms with Crippen LogP contribution in [0.1, 0.15) is 23.8 Å². The molecule has 8 heteroatoms. The van der Waals surface area contributed by atoms with Gasteiger partial charge in [0, 0.05) is 30.9 Å². The number of carbonyl (C=O) groups is 1. The number of pyridine rings is 1. The number of hydrogen-bond donors (Lipinski definition) is 3. The van der Waals surface area contributed by atoms with E-state index in [4.69, 9.17) is 5.41 Å². The maximum absolute atomic E-state index is 13.2. The van der Waals surface area contributed by atoms with Crippen LogP contribution in [0.5, 0.6) is 0 Å². The lowest BCUT2D eigenvalue weighted by Gasteiger charge is -2.45. The second-order valence-electron chi connectivity index (χ2n) is 7.98. The molecule has 3 N–H and O–H groups in total. The van der Waals surface area contributed by atoms with Gasteiger partial charge >= 0.3 is 0 Å². The Hall–Kier alpha value is -3.70. The van der Waals surface area contributed by atoms with Gasteiger partial charge in [-0.05, 0) is 60.2 Å². The van der Waals surface area contributed by atoms with E-state index in [1.54, 1.807) is 36.8 Å². The predicted molar refractivity (Wildman–Crippen MR) is 126 cm³/mol. The molecule has 7 nitrogen and oxygen atoms in total. The molecule has 0 aliphatic carbocycles. The molecule has 0 bridgehead atoms. The van der Waals surface area contributed by atoms with E-state index in [-0.39, 0.29) is 17.8 Å². The first-order valence-corrected chi connectivity index (χ1v) is 11.2. The van der Waals surface area contributed by atoms with Crippen LogP contribution in [0.3, 0.4) is 0 Å². The summed E-state index contributed by atoms with van der Waals surface area (Å²) in [5.41, 5.74) is 2.75. The van der Waals surface area contributed by atoms with E-state index in [1.807, 2.05) is 42.6 Å². The Morgan fingerprint density at radius 1 is 1.31 bits per heavy atom. The normalized spacial score (nSPS) is 20.5. The van der Waals surface area contributed by atoms with Gasteiger partial charge in [-0.2, -0.15) is 5.26 Å². The summed E-state index contributed by atoms with van der Waals surface area (Å²) in [7, 11) is 1.63. The molecule has 1 aliphatic heterocycles. The third-order valence-corrected chi connectivity index (χ3v) is 7.07. The van der Waals surface area contributed by atoms with Gasteiger partial charge in [0.2, 0.25) is 5.91 Å². The fourth-order valence-corrected chi connectivity index (χ4v) is 5.10. The Bertz CT molecular complexity index is 1180. The van der Waals surface area contributed by atoms with E-state index >= 15 is 0 Å². The van der Waals surface area contributed by atoms with E-state index < -0.39 is 5.54 Å². The predicted octanol–water partition coefficient (Wildman–Crippen LogP) is 4.01. The SMILES string of the molecule is CN1C(=N)NC(C)(c2cc(-c3cccc(C#N)c3)cs2)C(CCNc2cccnc2)C1=O. The van der Waals surface area contributed by atoms with Crippen LogP contribution in [0.2, 0.25) is 0 Å². The van der Waals surface area contributed by atoms with Crippen molar-refractivity contribution in [1.82, 2.24) is 15.2 Å². The first kappa shape index (κ1) is 21.5. The van der Waals surface area contributed by atoms with Crippen LogP contribution in [-0.4, -0.2) is 35.3 Å². The van der Waals surface area contributed by atoms with E-state index in [2.05, 4.69) is 27.8 Å². The van der Waals surface area contributed by atoms with Gasteiger partial charge in [0.25, 0.3) is 0 Å². The highest BCUT2D eigenvalue weighted by atomic mass is 32.1. The number of thiophene rings is 1. The fourth-order valence-electron chi connectivity index (χ4n) is 4.01. The molecule has 3 aromatic rings. The molecule has 162 valence electrons. The van der Waals surface area contributed by atoms with Gasteiger partial charge in [0.15, 0.2) is 5.96 Å². The van der Waals surface area contributed by atoms with Gasteiger partial charge in [0.1, 0.15) is 0 Å². The molecule has 3 heterocycles. The van der Waals surface area contributed by atoms with Crippen molar-refractivity contribution in [3.63, 3.8) is 0 Å². The molecular weight excluding hydrogens is 420 g/mol. The first-order valence-electron chi connectivity index (χ1n) is 10.3. The molecule has 4 rings (SSSR count). The number of nitrogens with zero attached hydrogens (tertiary/aromatic N) is 3. The van der Waals surface area contributed by atoms with E-state index in [0.717, 1.165) is 21.7 Å². The largest absolute Gasteiger partial charge is 0.384 e. The van der Waals surface area contributed by atoms with E-state index in [1.165, 1.54) is 4.90 Å². The maximum Gasteiger partial charge on any atom is 0.234 e. The average Bonchev–Trinajstić information content (AvgIpc) is 3.32. The van der Waals surface area contributed by atoms with Crippen LogP contribution in [0.25, 0.3) is 11.1 Å². The summed E-state index contributed by atoms with van der Waals surface area (Å²) in [6.45, 7) is 2.59. The summed E-state index contributed by atoms with van der Waals surface area (Å²) < 4.78 is 0. The molecule has 1 aliphatic rings. The van der Waals surface area contributed by atoms with Gasteiger partial charge < -0.3 is 10.6 Å². The zero-order valence-electron chi connectivity index (χ0n) is 17.9. The Morgan fingerprint density at radius 3 is 2.91 bits per heavy atom. The second-order valence-corrected chi connectivity index (χ2v) is 8.89. The molecule has 2 atom stereocenters. The Labute approximate surface area is 191 Å². The van der Waals surface area contributed by atoms with Crippen molar-refractivity contribution in [2.45, 2.75) is 18.9 Å². The fraction of sp³-hybridized carbons (Fsp3) is 0.250. The molecule has 1 amide bonds. The summed E-state index contributed by atoms with van der Waals surface area (Å²) in [4.78, 5) is 19.7. The van der Waals surface area contributed by atoms with Crippen molar-refractivity contribution in [3.8, 4) is 17.2 Å². The summed E-state index contributed by atoms with van der Waals surface area (Å²) in [5, 5.41) is 26.2. The van der Waals surface area contributed by atoms with Crippen LogP contribution >= 0.6 is 11.3 Å². The number of guanidine groups is 1. The number of nitriles is 1. The summed E-state index contributed by atoms with van der Waals surface area (Å²) in [6.07, 6.45) is 4.06. The van der Waals surface area contributed by atoms with Crippen molar-refractivity contribution >= 4 is 28.9 Å². The van der Waals surface area contributed by atoms with Crippen LogP contribution in [0.4, 0.5) is 5.69 Å². The van der Waals surface area contributed by atoms with E-state index in [0.29, 0.717) is 18.5 Å². The Kier molecular flexibility index (Phi) is 5.93. The smallest absolute Gasteiger partial charge is 0.234 e. The highest BCUT2D eigenvalue weighted by Gasteiger charge is 2.47. The maximum atomic E-state index is 13.2. The molecule has 2 aromatic heterocycles. The third kappa shape index (κ3) is 4.07.